The van der Waals surface area contributed by atoms with Gasteiger partial charge in [-0.05, 0) is 42.8 Å². The number of anilines is 1. The largest absolute Gasteiger partial charge is 0.486 e. The van der Waals surface area contributed by atoms with Crippen LogP contribution in [0.5, 0.6) is 5.75 Å². The molecule has 2 aromatic rings. The number of pyridine rings is 1. The maximum Gasteiger partial charge on any atom is 0.138 e. The Morgan fingerprint density at radius 1 is 1.29 bits per heavy atom. The summed E-state index contributed by atoms with van der Waals surface area (Å²) in [4.78, 5) is 6.41. The van der Waals surface area contributed by atoms with E-state index >= 15 is 0 Å². The molecule has 2 aliphatic heterocycles. The smallest absolute Gasteiger partial charge is 0.138 e. The van der Waals surface area contributed by atoms with Crippen LogP contribution in [0.3, 0.4) is 0 Å². The van der Waals surface area contributed by atoms with Crippen LogP contribution < -0.4 is 9.64 Å². The minimum absolute atomic E-state index is 0.0788. The van der Waals surface area contributed by atoms with Gasteiger partial charge in [-0.1, -0.05) is 0 Å². The number of hydrogen-bond acceptors (Lipinski definition) is 5. The Bertz CT molecular complexity index is 741. The first-order valence-corrected chi connectivity index (χ1v) is 8.22. The molecule has 0 radical (unpaired) electrons. The van der Waals surface area contributed by atoms with Gasteiger partial charge < -0.3 is 14.4 Å². The van der Waals surface area contributed by atoms with Gasteiger partial charge in [-0.2, -0.15) is 5.26 Å². The molecule has 2 aliphatic rings. The van der Waals surface area contributed by atoms with Gasteiger partial charge >= 0.3 is 0 Å². The van der Waals surface area contributed by atoms with E-state index < -0.39 is 0 Å². The van der Waals surface area contributed by atoms with Crippen molar-refractivity contribution in [3.05, 3.63) is 54.4 Å². The molecule has 2 atom stereocenters. The van der Waals surface area contributed by atoms with Gasteiger partial charge in [0.25, 0.3) is 0 Å². The standard InChI is InChI=1S/C19H19N3O2/c20-11-15-3-5-16(6-4-15)22-9-7-19(14-22)10-18(13-23-19)24-17-2-1-8-21-12-17/h1-6,8,12,18H,7,9-10,13-14H2/t18-,19-/m1/s1. The van der Waals surface area contributed by atoms with Crippen molar-refractivity contribution in [3.8, 4) is 11.8 Å². The van der Waals surface area contributed by atoms with Crippen LogP contribution in [-0.4, -0.2) is 36.4 Å². The quantitative estimate of drug-likeness (QED) is 0.870. The third kappa shape index (κ3) is 2.93. The molecule has 4 rings (SSSR count). The maximum absolute atomic E-state index is 8.91. The average molecular weight is 321 g/mol. The van der Waals surface area contributed by atoms with E-state index in [0.29, 0.717) is 12.2 Å². The number of hydrogen-bond donors (Lipinski definition) is 0. The van der Waals surface area contributed by atoms with Crippen molar-refractivity contribution in [1.29, 1.82) is 5.26 Å². The molecule has 0 unspecified atom stereocenters. The number of nitriles is 1. The van der Waals surface area contributed by atoms with Crippen LogP contribution in [0.25, 0.3) is 0 Å². The fraction of sp³-hybridized carbons (Fsp3) is 0.368. The molecule has 3 heterocycles. The molecule has 2 fully saturated rings. The molecule has 0 saturated carbocycles. The highest BCUT2D eigenvalue weighted by molar-refractivity contribution is 5.51. The van der Waals surface area contributed by atoms with Crippen molar-refractivity contribution in [3.63, 3.8) is 0 Å². The molecule has 2 saturated heterocycles. The Labute approximate surface area is 141 Å². The van der Waals surface area contributed by atoms with E-state index in [0.717, 1.165) is 37.4 Å². The van der Waals surface area contributed by atoms with Crippen molar-refractivity contribution in [2.24, 2.45) is 0 Å². The Balaban J connectivity index is 1.40. The number of benzene rings is 1. The number of nitrogens with zero attached hydrogens (tertiary/aromatic N) is 3. The molecule has 1 spiro atoms. The van der Waals surface area contributed by atoms with E-state index in [9.17, 15) is 0 Å². The zero-order valence-electron chi connectivity index (χ0n) is 13.4. The summed E-state index contributed by atoms with van der Waals surface area (Å²) in [5, 5.41) is 8.91. The van der Waals surface area contributed by atoms with Crippen molar-refractivity contribution in [2.75, 3.05) is 24.6 Å². The molecule has 1 aromatic heterocycles. The molecule has 0 bridgehead atoms. The summed E-state index contributed by atoms with van der Waals surface area (Å²) >= 11 is 0. The van der Waals surface area contributed by atoms with Crippen molar-refractivity contribution < 1.29 is 9.47 Å². The fourth-order valence-corrected chi connectivity index (χ4v) is 3.58. The lowest BCUT2D eigenvalue weighted by atomic mass is 9.98. The van der Waals surface area contributed by atoms with Crippen LogP contribution in [-0.2, 0) is 4.74 Å². The lowest BCUT2D eigenvalue weighted by molar-refractivity contribution is 0.0195. The summed E-state index contributed by atoms with van der Waals surface area (Å²) in [5.74, 6) is 0.796. The number of rotatable bonds is 3. The Morgan fingerprint density at radius 2 is 2.17 bits per heavy atom. The zero-order valence-corrected chi connectivity index (χ0v) is 13.4. The molecule has 0 amide bonds. The van der Waals surface area contributed by atoms with Crippen molar-refractivity contribution >= 4 is 5.69 Å². The first kappa shape index (κ1) is 15.0. The predicted octanol–water partition coefficient (Wildman–Crippen LogP) is 2.77. The summed E-state index contributed by atoms with van der Waals surface area (Å²) in [6.45, 7) is 2.45. The summed E-state index contributed by atoms with van der Waals surface area (Å²) in [6.07, 6.45) is 5.46. The van der Waals surface area contributed by atoms with Gasteiger partial charge in [0.15, 0.2) is 0 Å². The molecular formula is C19H19N3O2. The molecule has 1 aromatic carbocycles. The van der Waals surface area contributed by atoms with Gasteiger partial charge in [0, 0.05) is 31.4 Å². The molecule has 5 nitrogen and oxygen atoms in total. The van der Waals surface area contributed by atoms with Gasteiger partial charge in [-0.25, -0.2) is 0 Å². The van der Waals surface area contributed by atoms with Crippen LogP contribution in [0, 0.1) is 11.3 Å². The third-order valence-corrected chi connectivity index (χ3v) is 4.79. The van der Waals surface area contributed by atoms with Crippen LogP contribution >= 0.6 is 0 Å². The Morgan fingerprint density at radius 3 is 2.92 bits per heavy atom. The summed E-state index contributed by atoms with van der Waals surface area (Å²) in [5.41, 5.74) is 1.71. The highest BCUT2D eigenvalue weighted by Crippen LogP contribution is 2.38. The van der Waals surface area contributed by atoms with Crippen molar-refractivity contribution in [2.45, 2.75) is 24.5 Å². The van der Waals surface area contributed by atoms with E-state index in [1.54, 1.807) is 12.4 Å². The molecule has 0 N–H and O–H groups in total. The lowest BCUT2D eigenvalue weighted by Crippen LogP contribution is -2.33. The van der Waals surface area contributed by atoms with Crippen LogP contribution in [0.2, 0.25) is 0 Å². The number of aromatic nitrogens is 1. The van der Waals surface area contributed by atoms with Gasteiger partial charge in [0.05, 0.1) is 30.0 Å². The highest BCUT2D eigenvalue weighted by Gasteiger charge is 2.46. The monoisotopic (exact) mass is 321 g/mol. The predicted molar refractivity (Wildman–Crippen MR) is 89.9 cm³/mol. The van der Waals surface area contributed by atoms with Gasteiger partial charge in [0.1, 0.15) is 11.9 Å². The molecule has 0 aliphatic carbocycles. The first-order chi connectivity index (χ1) is 11.8. The molecule has 24 heavy (non-hydrogen) atoms. The van der Waals surface area contributed by atoms with Gasteiger partial charge in [0.2, 0.25) is 0 Å². The second-order valence-corrected chi connectivity index (χ2v) is 6.46. The lowest BCUT2D eigenvalue weighted by Gasteiger charge is -2.24. The fourth-order valence-electron chi connectivity index (χ4n) is 3.58. The average Bonchev–Trinajstić information content (AvgIpc) is 3.23. The normalized spacial score (nSPS) is 25.8. The summed E-state index contributed by atoms with van der Waals surface area (Å²) in [7, 11) is 0. The molecule has 5 heteroatoms. The summed E-state index contributed by atoms with van der Waals surface area (Å²) < 4.78 is 12.1. The molecular weight excluding hydrogens is 302 g/mol. The zero-order chi connectivity index (χ0) is 16.4. The SMILES string of the molecule is N#Cc1ccc(N2CC[C@@]3(C[C@@H](Oc4cccnc4)CO3)C2)cc1. The van der Waals surface area contributed by atoms with Crippen LogP contribution in [0.4, 0.5) is 5.69 Å². The van der Waals surface area contributed by atoms with E-state index in [4.69, 9.17) is 14.7 Å². The minimum Gasteiger partial charge on any atom is -0.486 e. The Hall–Kier alpha value is -2.58. The third-order valence-electron chi connectivity index (χ3n) is 4.79. The summed E-state index contributed by atoms with van der Waals surface area (Å²) in [6, 6.07) is 13.7. The van der Waals surface area contributed by atoms with Gasteiger partial charge in [-0.3, -0.25) is 4.98 Å². The highest BCUT2D eigenvalue weighted by atomic mass is 16.6. The van der Waals surface area contributed by atoms with E-state index in [-0.39, 0.29) is 11.7 Å². The van der Waals surface area contributed by atoms with Crippen molar-refractivity contribution in [1.82, 2.24) is 4.98 Å². The van der Waals surface area contributed by atoms with Crippen LogP contribution in [0.1, 0.15) is 18.4 Å². The second-order valence-electron chi connectivity index (χ2n) is 6.46. The van der Waals surface area contributed by atoms with E-state index in [1.165, 1.54) is 0 Å². The maximum atomic E-state index is 8.91. The van der Waals surface area contributed by atoms with Crippen LogP contribution in [0.15, 0.2) is 48.8 Å². The second kappa shape index (κ2) is 6.14. The number of ether oxygens (including phenoxy) is 2. The van der Waals surface area contributed by atoms with E-state index in [2.05, 4.69) is 16.0 Å². The van der Waals surface area contributed by atoms with Gasteiger partial charge in [-0.15, -0.1) is 0 Å². The first-order valence-electron chi connectivity index (χ1n) is 8.22. The van der Waals surface area contributed by atoms with E-state index in [1.807, 2.05) is 36.4 Å². The molecule has 122 valence electrons. The topological polar surface area (TPSA) is 58.4 Å². The minimum atomic E-state index is -0.124. The Kier molecular flexibility index (Phi) is 3.83.